The third kappa shape index (κ3) is 4.52. The van der Waals surface area contributed by atoms with E-state index in [2.05, 4.69) is 16.5 Å². The second-order valence-electron chi connectivity index (χ2n) is 11.3. The zero-order chi connectivity index (χ0) is 30.7. The summed E-state index contributed by atoms with van der Waals surface area (Å²) in [6.45, 7) is 12.0. The fourth-order valence-corrected chi connectivity index (χ4v) is 6.56. The van der Waals surface area contributed by atoms with Crippen LogP contribution in [0.3, 0.4) is 0 Å². The van der Waals surface area contributed by atoms with E-state index in [1.54, 1.807) is 29.3 Å². The van der Waals surface area contributed by atoms with Crippen LogP contribution in [0.2, 0.25) is 5.02 Å². The lowest BCUT2D eigenvalue weighted by Gasteiger charge is -2.45. The van der Waals surface area contributed by atoms with E-state index in [9.17, 15) is 14.7 Å². The zero-order valence-corrected chi connectivity index (χ0v) is 25.0. The largest absolute Gasteiger partial charge is 0.507 e. The molecule has 0 spiro atoms. The molecule has 11 heteroatoms. The van der Waals surface area contributed by atoms with Crippen molar-refractivity contribution >= 4 is 34.2 Å². The molecule has 6 rings (SSSR count). The molecule has 1 N–H and O–H groups in total. The molecule has 2 aliphatic heterocycles. The topological polar surface area (TPSA) is 101 Å². The number of carbonyl (C=O) groups is 1. The number of hydrogen-bond acceptors (Lipinski definition) is 7. The lowest BCUT2D eigenvalue weighted by molar-refractivity contribution is -0.127. The number of phenols is 1. The van der Waals surface area contributed by atoms with Gasteiger partial charge in [0.25, 0.3) is 0 Å². The number of fused-ring (bicyclic) bond motifs is 2. The van der Waals surface area contributed by atoms with Gasteiger partial charge in [-0.15, -0.1) is 0 Å². The van der Waals surface area contributed by atoms with E-state index in [4.69, 9.17) is 16.3 Å². The molecule has 2 atom stereocenters. The van der Waals surface area contributed by atoms with E-state index < -0.39 is 17.5 Å². The minimum Gasteiger partial charge on any atom is -0.507 e. The van der Waals surface area contributed by atoms with Crippen molar-refractivity contribution in [3.8, 4) is 28.3 Å². The maximum Gasteiger partial charge on any atom is 0.354 e. The average Bonchev–Trinajstić information content (AvgIpc) is 3.13. The number of phenolic OH excluding ortho intramolecular Hbond substituents is 1. The Balaban J connectivity index is 1.73. The first-order valence-electron chi connectivity index (χ1n) is 14.1. The first-order chi connectivity index (χ1) is 20.5. The Bertz CT molecular complexity index is 1850. The summed E-state index contributed by atoms with van der Waals surface area (Å²) in [6, 6.07) is 7.17. The van der Waals surface area contributed by atoms with Crippen LogP contribution >= 0.6 is 11.6 Å². The number of benzene rings is 2. The van der Waals surface area contributed by atoms with Gasteiger partial charge < -0.3 is 19.6 Å². The highest BCUT2D eigenvalue weighted by molar-refractivity contribution is 6.33. The predicted molar refractivity (Wildman–Crippen MR) is 164 cm³/mol. The van der Waals surface area contributed by atoms with Gasteiger partial charge in [-0.05, 0) is 55.7 Å². The second kappa shape index (κ2) is 10.7. The molecular formula is C32H31ClFN5O4. The van der Waals surface area contributed by atoms with E-state index in [0.717, 1.165) is 5.56 Å². The molecule has 1 fully saturated rings. The van der Waals surface area contributed by atoms with Crippen molar-refractivity contribution in [2.24, 2.45) is 0 Å². The van der Waals surface area contributed by atoms with E-state index in [1.807, 2.05) is 32.6 Å². The van der Waals surface area contributed by atoms with Crippen molar-refractivity contribution in [2.45, 2.75) is 45.7 Å². The van der Waals surface area contributed by atoms with Crippen molar-refractivity contribution in [3.63, 3.8) is 0 Å². The quantitative estimate of drug-likeness (QED) is 0.313. The molecule has 0 bridgehead atoms. The van der Waals surface area contributed by atoms with Crippen molar-refractivity contribution < 1.29 is 19.0 Å². The summed E-state index contributed by atoms with van der Waals surface area (Å²) in [5, 5.41) is 11.2. The molecule has 2 aliphatic rings. The molecule has 4 aromatic rings. The first kappa shape index (κ1) is 28.7. The number of aromatic nitrogens is 3. The molecule has 0 radical (unpaired) electrons. The van der Waals surface area contributed by atoms with Crippen molar-refractivity contribution in [3.05, 3.63) is 81.8 Å². The Morgan fingerprint density at radius 1 is 1.28 bits per heavy atom. The summed E-state index contributed by atoms with van der Waals surface area (Å²) in [5.41, 5.74) is 1.79. The lowest BCUT2D eigenvalue weighted by atomic mass is 9.99. The molecule has 43 heavy (non-hydrogen) atoms. The molecule has 0 saturated carbocycles. The second-order valence-corrected chi connectivity index (χ2v) is 11.7. The Labute approximate surface area is 252 Å². The number of piperazine rings is 1. The molecule has 2 unspecified atom stereocenters. The number of nitrogens with zero attached hydrogens (tertiary/aromatic N) is 5. The number of aromatic hydroxyl groups is 1. The molecule has 2 aromatic carbocycles. The highest BCUT2D eigenvalue weighted by atomic mass is 35.5. The van der Waals surface area contributed by atoms with Crippen molar-refractivity contribution in [1.29, 1.82) is 0 Å². The molecule has 1 amide bonds. The number of hydrogen-bond donors (Lipinski definition) is 1. The monoisotopic (exact) mass is 603 g/mol. The fraction of sp³-hybridized carbons (Fsp3) is 0.312. The van der Waals surface area contributed by atoms with E-state index in [1.165, 1.54) is 22.8 Å². The van der Waals surface area contributed by atoms with Crippen LogP contribution in [0.25, 0.3) is 27.7 Å². The summed E-state index contributed by atoms with van der Waals surface area (Å²) in [6.07, 6.45) is 2.95. The average molecular weight is 604 g/mol. The maximum atomic E-state index is 16.7. The minimum absolute atomic E-state index is 0.0168. The van der Waals surface area contributed by atoms with Crippen LogP contribution in [0.1, 0.15) is 37.9 Å². The molecule has 222 valence electrons. The summed E-state index contributed by atoms with van der Waals surface area (Å²) in [4.78, 5) is 39.5. The van der Waals surface area contributed by atoms with Crippen LogP contribution in [0.4, 0.5) is 10.2 Å². The van der Waals surface area contributed by atoms with Crippen LogP contribution in [0, 0.1) is 12.7 Å². The summed E-state index contributed by atoms with van der Waals surface area (Å²) in [5.74, 6) is -1.08. The highest BCUT2D eigenvalue weighted by Gasteiger charge is 2.40. The van der Waals surface area contributed by atoms with Gasteiger partial charge in [-0.25, -0.2) is 9.18 Å². The van der Waals surface area contributed by atoms with Gasteiger partial charge in [0.1, 0.15) is 18.2 Å². The van der Waals surface area contributed by atoms with Crippen molar-refractivity contribution in [2.75, 3.05) is 24.6 Å². The fourth-order valence-electron chi connectivity index (χ4n) is 6.28. The van der Waals surface area contributed by atoms with Crippen LogP contribution in [0.5, 0.6) is 11.5 Å². The molecule has 0 aliphatic carbocycles. The first-order valence-corrected chi connectivity index (χ1v) is 14.5. The highest BCUT2D eigenvalue weighted by Crippen LogP contribution is 2.47. The lowest BCUT2D eigenvalue weighted by Crippen LogP contribution is -2.61. The molecule has 2 aromatic heterocycles. The van der Waals surface area contributed by atoms with Gasteiger partial charge >= 0.3 is 5.69 Å². The van der Waals surface area contributed by atoms with Gasteiger partial charge in [-0.1, -0.05) is 38.1 Å². The number of carbonyl (C=O) groups excluding carboxylic acids is 1. The van der Waals surface area contributed by atoms with Gasteiger partial charge in [-0.3, -0.25) is 14.3 Å². The number of rotatable bonds is 4. The third-order valence-electron chi connectivity index (χ3n) is 8.18. The van der Waals surface area contributed by atoms with Gasteiger partial charge in [0, 0.05) is 36.5 Å². The van der Waals surface area contributed by atoms with Crippen LogP contribution in [-0.2, 0) is 4.79 Å². The van der Waals surface area contributed by atoms with Gasteiger partial charge in [-0.2, -0.15) is 4.98 Å². The molecule has 9 nitrogen and oxygen atoms in total. The van der Waals surface area contributed by atoms with Gasteiger partial charge in [0.2, 0.25) is 5.91 Å². The summed E-state index contributed by atoms with van der Waals surface area (Å²) in [7, 11) is 0. The number of pyridine rings is 1. The van der Waals surface area contributed by atoms with Crippen LogP contribution < -0.4 is 15.3 Å². The van der Waals surface area contributed by atoms with E-state index >= 15 is 4.39 Å². The normalized spacial score (nSPS) is 17.9. The summed E-state index contributed by atoms with van der Waals surface area (Å²) >= 11 is 6.51. The Hall–Kier alpha value is -4.44. The number of amides is 1. The van der Waals surface area contributed by atoms with Crippen molar-refractivity contribution in [1.82, 2.24) is 19.4 Å². The Morgan fingerprint density at radius 3 is 2.74 bits per heavy atom. The van der Waals surface area contributed by atoms with Crippen LogP contribution in [0.15, 0.2) is 54.0 Å². The van der Waals surface area contributed by atoms with Gasteiger partial charge in [0.15, 0.2) is 11.6 Å². The Morgan fingerprint density at radius 2 is 2.05 bits per heavy atom. The number of aryl methyl sites for hydroxylation is 1. The third-order valence-corrected chi connectivity index (χ3v) is 8.49. The zero-order valence-electron chi connectivity index (χ0n) is 24.3. The number of ether oxygens (including phenoxy) is 1. The number of anilines is 1. The van der Waals surface area contributed by atoms with Crippen LogP contribution in [-0.4, -0.2) is 62.2 Å². The minimum atomic E-state index is -0.748. The van der Waals surface area contributed by atoms with E-state index in [-0.39, 0.29) is 64.5 Å². The SMILES string of the molecule is C=CC(=O)N1CC(C)N2c3nc(=O)n(-c4c(C)ccnc4C(C)C)c4cc(-c5c(O)cccc5Cl)c(F)c(c34)OCC2C1. The molecule has 1 saturated heterocycles. The molecule has 4 heterocycles. The van der Waals surface area contributed by atoms with E-state index in [0.29, 0.717) is 28.8 Å². The standard InChI is InChI=1S/C32H31ClFN5O4/c1-6-24(41)37-13-18(5)38-19(14-37)15-43-30-26-22(12-20(27(30)34)25-21(33)8-7-9-23(25)40)39(32(42)36-31(26)38)29-17(4)10-11-35-28(29)16(2)3/h6-12,16,18-19,40H,1,13-15H2,2-5H3. The summed E-state index contributed by atoms with van der Waals surface area (Å²) < 4.78 is 24.4. The number of halogens is 2. The molecular weight excluding hydrogens is 573 g/mol. The Kier molecular flexibility index (Phi) is 7.12. The smallest absolute Gasteiger partial charge is 0.354 e. The van der Waals surface area contributed by atoms with Gasteiger partial charge in [0.05, 0.1) is 33.3 Å². The predicted octanol–water partition coefficient (Wildman–Crippen LogP) is 5.36. The maximum absolute atomic E-state index is 16.7.